The molecule has 1 fully saturated rings. The number of nitrogens with two attached hydrogens (primary N) is 1. The first-order valence-electron chi connectivity index (χ1n) is 5.72. The van der Waals surface area contributed by atoms with Crippen molar-refractivity contribution in [2.75, 3.05) is 6.61 Å². The number of aryl methyl sites for hydroxylation is 1. The van der Waals surface area contributed by atoms with Gasteiger partial charge >= 0.3 is 0 Å². The van der Waals surface area contributed by atoms with Crippen LogP contribution in [0.1, 0.15) is 31.5 Å². The molecule has 0 aromatic carbocycles. The first-order valence-corrected chi connectivity index (χ1v) is 5.72. The molecule has 4 nitrogen and oxygen atoms in total. The molecule has 1 saturated heterocycles. The molecule has 0 saturated carbocycles. The minimum absolute atomic E-state index is 0.495. The fourth-order valence-corrected chi connectivity index (χ4v) is 2.09. The summed E-state index contributed by atoms with van der Waals surface area (Å²) in [6.45, 7) is 2.48. The Morgan fingerprint density at radius 1 is 1.60 bits per heavy atom. The van der Waals surface area contributed by atoms with Crippen molar-refractivity contribution in [2.45, 2.75) is 44.9 Å². The Bertz CT molecular complexity index is 292. The normalized spacial score (nSPS) is 21.0. The highest BCUT2D eigenvalue weighted by Crippen LogP contribution is 2.17. The Balaban J connectivity index is 1.73. The third-order valence-electron chi connectivity index (χ3n) is 2.93. The standard InChI is InChI=1S/C11H19N3O/c12-9-11-13-5-7-14(11)6-1-3-10-4-2-8-15-10/h5,7,10H,1-4,6,8-9,12H2. The molecule has 1 aliphatic heterocycles. The lowest BCUT2D eigenvalue weighted by Gasteiger charge is -2.10. The SMILES string of the molecule is NCc1nccn1CCCC1CCCO1. The second-order valence-corrected chi connectivity index (χ2v) is 4.02. The van der Waals surface area contributed by atoms with E-state index in [4.69, 9.17) is 10.5 Å². The predicted molar refractivity (Wildman–Crippen MR) is 58.3 cm³/mol. The first-order chi connectivity index (χ1) is 7.40. The monoisotopic (exact) mass is 209 g/mol. The summed E-state index contributed by atoms with van der Waals surface area (Å²) < 4.78 is 7.71. The molecular formula is C11H19N3O. The van der Waals surface area contributed by atoms with Crippen molar-refractivity contribution in [1.82, 2.24) is 9.55 Å². The maximum absolute atomic E-state index is 5.58. The van der Waals surface area contributed by atoms with Gasteiger partial charge in [-0.1, -0.05) is 0 Å². The fourth-order valence-electron chi connectivity index (χ4n) is 2.09. The number of imidazole rings is 1. The van der Waals surface area contributed by atoms with Gasteiger partial charge in [-0.05, 0) is 25.7 Å². The van der Waals surface area contributed by atoms with E-state index in [1.807, 2.05) is 12.4 Å². The molecule has 0 amide bonds. The van der Waals surface area contributed by atoms with Crippen molar-refractivity contribution in [2.24, 2.45) is 5.73 Å². The molecular weight excluding hydrogens is 190 g/mol. The number of nitrogens with zero attached hydrogens (tertiary/aromatic N) is 2. The van der Waals surface area contributed by atoms with E-state index < -0.39 is 0 Å². The van der Waals surface area contributed by atoms with Gasteiger partial charge in [0.2, 0.25) is 0 Å². The molecule has 2 rings (SSSR count). The maximum atomic E-state index is 5.58. The molecule has 1 aromatic heterocycles. The molecule has 2 heterocycles. The van der Waals surface area contributed by atoms with Gasteiger partial charge in [-0.15, -0.1) is 0 Å². The van der Waals surface area contributed by atoms with E-state index in [2.05, 4.69) is 9.55 Å². The number of aromatic nitrogens is 2. The summed E-state index contributed by atoms with van der Waals surface area (Å²) in [5, 5.41) is 0. The van der Waals surface area contributed by atoms with E-state index in [1.165, 1.54) is 12.8 Å². The van der Waals surface area contributed by atoms with Crippen LogP contribution in [-0.2, 0) is 17.8 Å². The molecule has 1 atom stereocenters. The minimum Gasteiger partial charge on any atom is -0.378 e. The van der Waals surface area contributed by atoms with Crippen molar-refractivity contribution in [1.29, 1.82) is 0 Å². The highest BCUT2D eigenvalue weighted by molar-refractivity contribution is 4.91. The highest BCUT2D eigenvalue weighted by Gasteiger charge is 2.14. The molecule has 15 heavy (non-hydrogen) atoms. The van der Waals surface area contributed by atoms with Gasteiger partial charge in [0.1, 0.15) is 5.82 Å². The third-order valence-corrected chi connectivity index (χ3v) is 2.93. The second kappa shape index (κ2) is 5.28. The van der Waals surface area contributed by atoms with Gasteiger partial charge in [-0.2, -0.15) is 0 Å². The van der Waals surface area contributed by atoms with Gasteiger partial charge < -0.3 is 15.0 Å². The summed E-state index contributed by atoms with van der Waals surface area (Å²) in [4.78, 5) is 4.19. The van der Waals surface area contributed by atoms with Gasteiger partial charge in [-0.25, -0.2) is 4.98 Å². The summed E-state index contributed by atoms with van der Waals surface area (Å²) in [6.07, 6.45) is 9.06. The Morgan fingerprint density at radius 3 is 3.27 bits per heavy atom. The average Bonchev–Trinajstić information content (AvgIpc) is 2.88. The number of rotatable bonds is 5. The van der Waals surface area contributed by atoms with Gasteiger partial charge in [0.15, 0.2) is 0 Å². The molecule has 0 aliphatic carbocycles. The van der Waals surface area contributed by atoms with E-state index in [0.717, 1.165) is 31.8 Å². The van der Waals surface area contributed by atoms with E-state index >= 15 is 0 Å². The van der Waals surface area contributed by atoms with Crippen LogP contribution in [0.4, 0.5) is 0 Å². The quantitative estimate of drug-likeness (QED) is 0.795. The summed E-state index contributed by atoms with van der Waals surface area (Å²) >= 11 is 0. The molecule has 0 radical (unpaired) electrons. The van der Waals surface area contributed by atoms with E-state index in [-0.39, 0.29) is 0 Å². The second-order valence-electron chi connectivity index (χ2n) is 4.02. The summed E-state index contributed by atoms with van der Waals surface area (Å²) in [7, 11) is 0. The molecule has 2 N–H and O–H groups in total. The van der Waals surface area contributed by atoms with E-state index in [1.54, 1.807) is 0 Å². The lowest BCUT2D eigenvalue weighted by atomic mass is 10.1. The Morgan fingerprint density at radius 2 is 2.53 bits per heavy atom. The molecule has 1 aromatic rings. The smallest absolute Gasteiger partial charge is 0.122 e. The van der Waals surface area contributed by atoms with Crippen LogP contribution in [-0.4, -0.2) is 22.3 Å². The van der Waals surface area contributed by atoms with Crippen LogP contribution in [0.2, 0.25) is 0 Å². The van der Waals surface area contributed by atoms with Gasteiger partial charge in [0.05, 0.1) is 12.6 Å². The van der Waals surface area contributed by atoms with Crippen LogP contribution >= 0.6 is 0 Å². The molecule has 1 aliphatic rings. The lowest BCUT2D eigenvalue weighted by Crippen LogP contribution is -2.10. The number of ether oxygens (including phenoxy) is 1. The zero-order valence-electron chi connectivity index (χ0n) is 9.06. The Hall–Kier alpha value is -0.870. The van der Waals surface area contributed by atoms with Crippen LogP contribution < -0.4 is 5.73 Å². The molecule has 0 bridgehead atoms. The number of hydrogen-bond donors (Lipinski definition) is 1. The van der Waals surface area contributed by atoms with E-state index in [0.29, 0.717) is 12.6 Å². The third kappa shape index (κ3) is 2.79. The minimum atomic E-state index is 0.495. The van der Waals surface area contributed by atoms with Crippen LogP contribution in [0.5, 0.6) is 0 Å². The highest BCUT2D eigenvalue weighted by atomic mass is 16.5. The number of hydrogen-bond acceptors (Lipinski definition) is 3. The fraction of sp³-hybridized carbons (Fsp3) is 0.727. The summed E-state index contributed by atoms with van der Waals surface area (Å²) in [5.41, 5.74) is 5.58. The molecule has 4 heteroatoms. The van der Waals surface area contributed by atoms with Crippen LogP contribution in [0.25, 0.3) is 0 Å². The molecule has 0 spiro atoms. The van der Waals surface area contributed by atoms with Gasteiger partial charge in [-0.3, -0.25) is 0 Å². The molecule has 84 valence electrons. The summed E-state index contributed by atoms with van der Waals surface area (Å²) in [6, 6.07) is 0. The zero-order chi connectivity index (χ0) is 10.5. The van der Waals surface area contributed by atoms with Crippen LogP contribution in [0.15, 0.2) is 12.4 Å². The zero-order valence-corrected chi connectivity index (χ0v) is 9.06. The van der Waals surface area contributed by atoms with Crippen molar-refractivity contribution in [3.05, 3.63) is 18.2 Å². The van der Waals surface area contributed by atoms with Crippen LogP contribution in [0, 0.1) is 0 Å². The van der Waals surface area contributed by atoms with Gasteiger partial charge in [0.25, 0.3) is 0 Å². The van der Waals surface area contributed by atoms with Crippen molar-refractivity contribution in [3.8, 4) is 0 Å². The van der Waals surface area contributed by atoms with Crippen molar-refractivity contribution < 1.29 is 4.74 Å². The van der Waals surface area contributed by atoms with E-state index in [9.17, 15) is 0 Å². The lowest BCUT2D eigenvalue weighted by molar-refractivity contribution is 0.101. The maximum Gasteiger partial charge on any atom is 0.122 e. The van der Waals surface area contributed by atoms with Crippen LogP contribution in [0.3, 0.4) is 0 Å². The molecule has 1 unspecified atom stereocenters. The van der Waals surface area contributed by atoms with Crippen molar-refractivity contribution >= 4 is 0 Å². The Kier molecular flexibility index (Phi) is 3.75. The topological polar surface area (TPSA) is 53.1 Å². The average molecular weight is 209 g/mol. The summed E-state index contributed by atoms with van der Waals surface area (Å²) in [5.74, 6) is 0.974. The first kappa shape index (κ1) is 10.6. The van der Waals surface area contributed by atoms with Gasteiger partial charge in [0, 0.05) is 25.5 Å². The largest absolute Gasteiger partial charge is 0.378 e. The Labute approximate surface area is 90.4 Å². The predicted octanol–water partition coefficient (Wildman–Crippen LogP) is 1.30. The van der Waals surface area contributed by atoms with Crippen molar-refractivity contribution in [3.63, 3.8) is 0 Å².